The average molecular weight is 591 g/mol. The van der Waals surface area contributed by atoms with Crippen LogP contribution in [0.3, 0.4) is 0 Å². The van der Waals surface area contributed by atoms with Crippen molar-refractivity contribution >= 4 is 22.9 Å². The van der Waals surface area contributed by atoms with Gasteiger partial charge in [-0.2, -0.15) is 0 Å². The molecule has 1 aliphatic carbocycles. The first-order valence-corrected chi connectivity index (χ1v) is 14.1. The highest BCUT2D eigenvalue weighted by atomic mass is 19.4. The van der Waals surface area contributed by atoms with Gasteiger partial charge in [0, 0.05) is 43.8 Å². The lowest BCUT2D eigenvalue weighted by Gasteiger charge is -2.25. The summed E-state index contributed by atoms with van der Waals surface area (Å²) < 4.78 is 49.9. The van der Waals surface area contributed by atoms with E-state index in [1.807, 2.05) is 60.0 Å². The van der Waals surface area contributed by atoms with Crippen LogP contribution in [-0.4, -0.2) is 73.0 Å². The highest BCUT2D eigenvalue weighted by Gasteiger charge is 2.31. The second-order valence-corrected chi connectivity index (χ2v) is 9.83. The third-order valence-corrected chi connectivity index (χ3v) is 6.79. The molecule has 1 saturated heterocycles. The molecule has 43 heavy (non-hydrogen) atoms. The van der Waals surface area contributed by atoms with Gasteiger partial charge in [-0.15, -0.1) is 13.2 Å². The molecule has 2 aliphatic heterocycles. The minimum absolute atomic E-state index is 0.291. The second kappa shape index (κ2) is 13.7. The maximum absolute atomic E-state index is 12.8. The second-order valence-electron chi connectivity index (χ2n) is 9.83. The summed E-state index contributed by atoms with van der Waals surface area (Å²) in [5.41, 5.74) is 4.98. The van der Waals surface area contributed by atoms with E-state index in [1.54, 1.807) is 18.3 Å². The highest BCUT2D eigenvalue weighted by Crippen LogP contribution is 2.31. The minimum Gasteiger partial charge on any atom is -0.406 e. The molecule has 1 N–H and O–H groups in total. The first kappa shape index (κ1) is 30.0. The summed E-state index contributed by atoms with van der Waals surface area (Å²) in [5, 5.41) is 4.07. The van der Waals surface area contributed by atoms with Crippen LogP contribution in [0, 0.1) is 0 Å². The maximum Gasteiger partial charge on any atom is 0.573 e. The van der Waals surface area contributed by atoms with Crippen LogP contribution >= 0.6 is 0 Å². The average Bonchev–Trinajstić information content (AvgIpc) is 2.99. The zero-order chi connectivity index (χ0) is 30.2. The molecule has 0 bridgehead atoms. The van der Waals surface area contributed by atoms with E-state index in [0.29, 0.717) is 48.7 Å². The van der Waals surface area contributed by atoms with Crippen molar-refractivity contribution in [2.24, 2.45) is 9.98 Å². The SMILES string of the molecule is C=C(C=CC=NCC)Nc1cc2nc3ccccc3n(-c3ccc(OC(F)(F)F)cc3)c-2cc1=NCCN1CCOCC1. The number of allylic oxidation sites excluding steroid dienone is 2. The zero-order valence-corrected chi connectivity index (χ0v) is 23.8. The number of aliphatic imine (C=N–C) groups is 1. The molecule has 8 nitrogen and oxygen atoms in total. The van der Waals surface area contributed by atoms with Crippen molar-refractivity contribution in [3.05, 3.63) is 90.4 Å². The molecule has 1 fully saturated rings. The Kier molecular flexibility index (Phi) is 9.53. The zero-order valence-electron chi connectivity index (χ0n) is 23.8. The fraction of sp³-hybridized carbons (Fsp3) is 0.281. The number of morpholine rings is 1. The van der Waals surface area contributed by atoms with E-state index in [0.717, 1.165) is 42.0 Å². The summed E-state index contributed by atoms with van der Waals surface area (Å²) in [4.78, 5) is 16.4. The molecule has 11 heteroatoms. The lowest BCUT2D eigenvalue weighted by Crippen LogP contribution is -2.38. The molecular weight excluding hydrogens is 557 g/mol. The van der Waals surface area contributed by atoms with Crippen molar-refractivity contribution in [3.8, 4) is 22.8 Å². The highest BCUT2D eigenvalue weighted by molar-refractivity contribution is 5.84. The molecule has 3 aliphatic rings. The Hall–Kier alpha value is -4.48. The normalized spacial score (nSPS) is 15.2. The Morgan fingerprint density at radius 1 is 1.12 bits per heavy atom. The van der Waals surface area contributed by atoms with Gasteiger partial charge >= 0.3 is 6.36 Å². The summed E-state index contributed by atoms with van der Waals surface area (Å²) in [5.74, 6) is -0.291. The number of benzene rings is 3. The standard InChI is InChI=1S/C32H33F3N6O2/c1-3-36-14-6-7-23(2)38-28-21-29-31(22-27(28)37-15-16-40-17-19-42-20-18-40)41(30-9-5-4-8-26(30)39-29)24-10-12-25(13-11-24)43-32(33,34)35/h4-14,21-22,38H,2-3,15-20H2,1H3. The molecule has 0 spiro atoms. The van der Waals surface area contributed by atoms with E-state index in [-0.39, 0.29) is 5.75 Å². The van der Waals surface area contributed by atoms with Crippen LogP contribution in [0.1, 0.15) is 6.92 Å². The molecular formula is C32H33F3N6O2. The van der Waals surface area contributed by atoms with Crippen LogP contribution in [0.25, 0.3) is 28.1 Å². The van der Waals surface area contributed by atoms with E-state index in [1.165, 1.54) is 12.1 Å². The molecule has 2 aromatic carbocycles. The summed E-state index contributed by atoms with van der Waals surface area (Å²) in [6.45, 7) is 11.3. The van der Waals surface area contributed by atoms with Gasteiger partial charge in [-0.1, -0.05) is 18.7 Å². The summed E-state index contributed by atoms with van der Waals surface area (Å²) in [7, 11) is 0. The number of hydrogen-bond acceptors (Lipinski definition) is 7. The largest absolute Gasteiger partial charge is 0.573 e. The van der Waals surface area contributed by atoms with Crippen LogP contribution in [0.15, 0.2) is 95.1 Å². The maximum atomic E-state index is 12.8. The fourth-order valence-corrected chi connectivity index (χ4v) is 4.82. The number of rotatable bonds is 10. The predicted octanol–water partition coefficient (Wildman–Crippen LogP) is 5.83. The smallest absolute Gasteiger partial charge is 0.406 e. The van der Waals surface area contributed by atoms with Crippen molar-refractivity contribution in [2.45, 2.75) is 13.3 Å². The van der Waals surface area contributed by atoms with E-state index in [2.05, 4.69) is 26.5 Å². The Morgan fingerprint density at radius 3 is 2.63 bits per heavy atom. The van der Waals surface area contributed by atoms with Gasteiger partial charge in [0.15, 0.2) is 0 Å². The minimum atomic E-state index is -4.77. The number of halogens is 3. The molecule has 5 rings (SSSR count). The van der Waals surface area contributed by atoms with Gasteiger partial charge in [-0.05, 0) is 67.6 Å². The molecule has 0 unspecified atom stereocenters. The number of ether oxygens (including phenoxy) is 2. The van der Waals surface area contributed by atoms with Gasteiger partial charge in [0.1, 0.15) is 5.75 Å². The van der Waals surface area contributed by atoms with Gasteiger partial charge in [-0.3, -0.25) is 14.9 Å². The number of alkyl halides is 3. The Morgan fingerprint density at radius 2 is 1.88 bits per heavy atom. The Bertz CT molecular complexity index is 1650. The third kappa shape index (κ3) is 7.88. The van der Waals surface area contributed by atoms with Gasteiger partial charge in [-0.25, -0.2) is 4.98 Å². The molecule has 224 valence electrons. The van der Waals surface area contributed by atoms with Crippen LogP contribution in [0.2, 0.25) is 0 Å². The van der Waals surface area contributed by atoms with Gasteiger partial charge in [0.25, 0.3) is 0 Å². The molecule has 2 heterocycles. The first-order chi connectivity index (χ1) is 20.8. The number of anilines is 1. The summed E-state index contributed by atoms with van der Waals surface area (Å²) >= 11 is 0. The van der Waals surface area contributed by atoms with E-state index in [9.17, 15) is 13.2 Å². The topological polar surface area (TPSA) is 76.3 Å². The quantitative estimate of drug-likeness (QED) is 0.143. The first-order valence-electron chi connectivity index (χ1n) is 14.1. The van der Waals surface area contributed by atoms with Crippen molar-refractivity contribution in [1.29, 1.82) is 0 Å². The number of nitrogens with one attached hydrogen (secondary N) is 1. The third-order valence-electron chi connectivity index (χ3n) is 6.79. The van der Waals surface area contributed by atoms with Crippen LogP contribution in [-0.2, 0) is 4.74 Å². The van der Waals surface area contributed by atoms with Crippen molar-refractivity contribution in [2.75, 3.05) is 51.3 Å². The molecule has 0 radical (unpaired) electrons. The summed E-state index contributed by atoms with van der Waals surface area (Å²) in [6.07, 6.45) is 0.608. The molecule has 0 saturated carbocycles. The van der Waals surface area contributed by atoms with E-state index in [4.69, 9.17) is 14.7 Å². The lowest BCUT2D eigenvalue weighted by molar-refractivity contribution is -0.274. The number of aromatic nitrogens is 2. The predicted molar refractivity (Wildman–Crippen MR) is 163 cm³/mol. The van der Waals surface area contributed by atoms with Gasteiger partial charge in [0.05, 0.1) is 53.2 Å². The Labute approximate surface area is 247 Å². The summed E-state index contributed by atoms with van der Waals surface area (Å²) in [6, 6.07) is 17.3. The van der Waals surface area contributed by atoms with Crippen LogP contribution < -0.4 is 15.4 Å². The number of para-hydroxylation sites is 2. The van der Waals surface area contributed by atoms with Crippen molar-refractivity contribution < 1.29 is 22.6 Å². The molecule has 2 aromatic rings. The van der Waals surface area contributed by atoms with Crippen molar-refractivity contribution in [1.82, 2.24) is 14.5 Å². The number of nitrogens with zero attached hydrogens (tertiary/aromatic N) is 5. The fourth-order valence-electron chi connectivity index (χ4n) is 4.82. The van der Waals surface area contributed by atoms with Gasteiger partial charge in [0.2, 0.25) is 0 Å². The number of fused-ring (bicyclic) bond motifs is 2. The molecule has 0 atom stereocenters. The lowest BCUT2D eigenvalue weighted by atomic mass is 10.1. The monoisotopic (exact) mass is 590 g/mol. The number of hydrogen-bond donors (Lipinski definition) is 1. The van der Waals surface area contributed by atoms with Crippen LogP contribution in [0.4, 0.5) is 18.9 Å². The van der Waals surface area contributed by atoms with Gasteiger partial charge < -0.3 is 19.4 Å². The molecule has 0 aromatic heterocycles. The van der Waals surface area contributed by atoms with E-state index >= 15 is 0 Å². The van der Waals surface area contributed by atoms with Crippen LogP contribution in [0.5, 0.6) is 5.75 Å². The van der Waals surface area contributed by atoms with E-state index < -0.39 is 6.36 Å². The Balaban J connectivity index is 1.61. The van der Waals surface area contributed by atoms with Crippen molar-refractivity contribution in [3.63, 3.8) is 0 Å². The molecule has 0 amide bonds.